The van der Waals surface area contributed by atoms with Crippen LogP contribution in [0.2, 0.25) is 0 Å². The molecule has 0 aliphatic carbocycles. The van der Waals surface area contributed by atoms with Crippen LogP contribution < -0.4 is 4.90 Å². The van der Waals surface area contributed by atoms with E-state index in [2.05, 4.69) is 228 Å². The average Bonchev–Trinajstić information content (AvgIpc) is 3.67. The molecular formula is C58H38N4. The molecular weight excluding hydrogens is 753 g/mol. The van der Waals surface area contributed by atoms with E-state index in [1.165, 1.54) is 32.3 Å². The Labute approximate surface area is 359 Å². The molecule has 0 saturated heterocycles. The van der Waals surface area contributed by atoms with E-state index >= 15 is 0 Å². The number of benzene rings is 10. The molecule has 0 unspecified atom stereocenters. The van der Waals surface area contributed by atoms with Gasteiger partial charge in [-0.05, 0) is 87.9 Å². The first kappa shape index (κ1) is 35.6. The molecule has 290 valence electrons. The molecule has 0 aliphatic rings. The summed E-state index contributed by atoms with van der Waals surface area (Å²) in [5.41, 5.74) is 12.8. The summed E-state index contributed by atoms with van der Waals surface area (Å²) in [5.74, 6) is 0.703. The molecule has 0 radical (unpaired) electrons. The van der Waals surface area contributed by atoms with E-state index < -0.39 is 0 Å². The van der Waals surface area contributed by atoms with Gasteiger partial charge in [-0.1, -0.05) is 170 Å². The van der Waals surface area contributed by atoms with Crippen molar-refractivity contribution in [2.45, 2.75) is 0 Å². The van der Waals surface area contributed by atoms with Crippen molar-refractivity contribution in [3.8, 4) is 39.5 Å². The largest absolute Gasteiger partial charge is 0.310 e. The van der Waals surface area contributed by atoms with Gasteiger partial charge in [0, 0.05) is 49.7 Å². The summed E-state index contributed by atoms with van der Waals surface area (Å²) < 4.78 is 2.39. The first-order chi connectivity index (χ1) is 30.7. The van der Waals surface area contributed by atoms with Crippen LogP contribution >= 0.6 is 0 Å². The predicted octanol–water partition coefficient (Wildman–Crippen LogP) is 15.5. The highest BCUT2D eigenvalue weighted by Gasteiger charge is 2.19. The van der Waals surface area contributed by atoms with E-state index in [-0.39, 0.29) is 0 Å². The molecule has 0 fully saturated rings. The van der Waals surface area contributed by atoms with E-state index in [1.807, 2.05) is 12.1 Å². The Balaban J connectivity index is 1.03. The predicted molar refractivity (Wildman–Crippen MR) is 260 cm³/mol. The van der Waals surface area contributed by atoms with Gasteiger partial charge in [0.05, 0.1) is 27.9 Å². The number of anilines is 3. The molecule has 0 saturated carbocycles. The van der Waals surface area contributed by atoms with Crippen molar-refractivity contribution in [2.24, 2.45) is 0 Å². The SMILES string of the molecule is c1ccc(-c2nc(-c3ccc4c5ccc(-c6cccc(N(c7ccc8ccccc8c7)c7cccc8ccccc78)c6)cc5n(-c5ccccc5)c4c3)nc3ccccc23)cc1. The Hall–Kier alpha value is -8.34. The Morgan fingerprint density at radius 1 is 0.339 bits per heavy atom. The molecule has 2 aromatic heterocycles. The van der Waals surface area contributed by atoms with Crippen LogP contribution in [0.5, 0.6) is 0 Å². The fourth-order valence-electron chi connectivity index (χ4n) is 9.19. The molecule has 0 amide bonds. The van der Waals surface area contributed by atoms with E-state index in [0.29, 0.717) is 5.82 Å². The number of aromatic nitrogens is 3. The number of fused-ring (bicyclic) bond motifs is 6. The van der Waals surface area contributed by atoms with Gasteiger partial charge in [-0.2, -0.15) is 0 Å². The molecule has 12 rings (SSSR count). The lowest BCUT2D eigenvalue weighted by atomic mass is 10.0. The maximum atomic E-state index is 5.23. The molecule has 10 aromatic carbocycles. The number of hydrogen-bond donors (Lipinski definition) is 0. The van der Waals surface area contributed by atoms with Gasteiger partial charge in [-0.25, -0.2) is 9.97 Å². The van der Waals surface area contributed by atoms with Crippen molar-refractivity contribution < 1.29 is 0 Å². The quantitative estimate of drug-likeness (QED) is 0.161. The third-order valence-corrected chi connectivity index (χ3v) is 12.1. The summed E-state index contributed by atoms with van der Waals surface area (Å²) in [6.07, 6.45) is 0. The third kappa shape index (κ3) is 6.08. The number of hydrogen-bond acceptors (Lipinski definition) is 3. The molecule has 0 atom stereocenters. The van der Waals surface area contributed by atoms with Crippen molar-refractivity contribution >= 4 is 71.3 Å². The Morgan fingerprint density at radius 3 is 1.76 bits per heavy atom. The van der Waals surface area contributed by atoms with Crippen LogP contribution in [0.4, 0.5) is 17.1 Å². The lowest BCUT2D eigenvalue weighted by Crippen LogP contribution is -2.10. The summed E-state index contributed by atoms with van der Waals surface area (Å²) in [6, 6.07) is 82.4. The van der Waals surface area contributed by atoms with Gasteiger partial charge in [0.15, 0.2) is 5.82 Å². The Bertz CT molecular complexity index is 3640. The van der Waals surface area contributed by atoms with Crippen molar-refractivity contribution in [3.63, 3.8) is 0 Å². The van der Waals surface area contributed by atoms with Crippen molar-refractivity contribution in [3.05, 3.63) is 231 Å². The van der Waals surface area contributed by atoms with E-state index in [1.54, 1.807) is 0 Å². The highest BCUT2D eigenvalue weighted by Crippen LogP contribution is 2.42. The minimum atomic E-state index is 0.703. The molecule has 0 bridgehead atoms. The second kappa shape index (κ2) is 14.7. The first-order valence-corrected chi connectivity index (χ1v) is 21.1. The number of nitrogens with zero attached hydrogens (tertiary/aromatic N) is 4. The van der Waals surface area contributed by atoms with Gasteiger partial charge in [-0.15, -0.1) is 0 Å². The third-order valence-electron chi connectivity index (χ3n) is 12.1. The van der Waals surface area contributed by atoms with Gasteiger partial charge in [0.1, 0.15) is 0 Å². The molecule has 4 heteroatoms. The van der Waals surface area contributed by atoms with Crippen LogP contribution in [0.1, 0.15) is 0 Å². The number of para-hydroxylation sites is 2. The van der Waals surface area contributed by atoms with E-state index in [4.69, 9.17) is 9.97 Å². The standard InChI is InChI=1S/C58H38N4/c1-3-17-41(18-4-1)57-52-26-11-12-27-53(52)59-58(60-57)45-31-34-51-50-33-30-44(37-55(50)62(56(51)38-45)46-22-5-2-6-23-46)43-21-13-24-47(36-43)61(48-32-29-39-15-7-8-19-42(39)35-48)54-28-14-20-40-16-9-10-25-49(40)54/h1-38H. The van der Waals surface area contributed by atoms with Gasteiger partial charge >= 0.3 is 0 Å². The minimum Gasteiger partial charge on any atom is -0.310 e. The van der Waals surface area contributed by atoms with Crippen LogP contribution in [-0.2, 0) is 0 Å². The monoisotopic (exact) mass is 790 g/mol. The summed E-state index contributed by atoms with van der Waals surface area (Å²) in [7, 11) is 0. The second-order valence-electron chi connectivity index (χ2n) is 15.8. The van der Waals surface area contributed by atoms with Gasteiger partial charge in [-0.3, -0.25) is 0 Å². The normalized spacial score (nSPS) is 11.5. The summed E-state index contributed by atoms with van der Waals surface area (Å²) in [4.78, 5) is 12.8. The zero-order chi connectivity index (χ0) is 41.0. The van der Waals surface area contributed by atoms with E-state index in [0.717, 1.165) is 72.6 Å². The van der Waals surface area contributed by atoms with Gasteiger partial charge in [0.25, 0.3) is 0 Å². The lowest BCUT2D eigenvalue weighted by Gasteiger charge is -2.27. The molecule has 2 heterocycles. The summed E-state index contributed by atoms with van der Waals surface area (Å²) in [5, 5.41) is 8.24. The maximum Gasteiger partial charge on any atom is 0.160 e. The highest BCUT2D eigenvalue weighted by atomic mass is 15.1. The minimum absolute atomic E-state index is 0.703. The smallest absolute Gasteiger partial charge is 0.160 e. The van der Waals surface area contributed by atoms with E-state index in [9.17, 15) is 0 Å². The summed E-state index contributed by atoms with van der Waals surface area (Å²) in [6.45, 7) is 0. The zero-order valence-electron chi connectivity index (χ0n) is 33.7. The molecule has 4 nitrogen and oxygen atoms in total. The fraction of sp³-hybridized carbons (Fsp3) is 0. The molecule has 0 aliphatic heterocycles. The molecule has 62 heavy (non-hydrogen) atoms. The van der Waals surface area contributed by atoms with Gasteiger partial charge in [0.2, 0.25) is 0 Å². The Kier molecular flexibility index (Phi) is 8.46. The second-order valence-corrected chi connectivity index (χ2v) is 15.8. The molecule has 12 aromatic rings. The highest BCUT2D eigenvalue weighted by molar-refractivity contribution is 6.11. The maximum absolute atomic E-state index is 5.23. The van der Waals surface area contributed by atoms with Crippen molar-refractivity contribution in [2.75, 3.05) is 4.90 Å². The summed E-state index contributed by atoms with van der Waals surface area (Å²) >= 11 is 0. The topological polar surface area (TPSA) is 34.0 Å². The average molecular weight is 791 g/mol. The van der Waals surface area contributed by atoms with Crippen molar-refractivity contribution in [1.82, 2.24) is 14.5 Å². The van der Waals surface area contributed by atoms with Gasteiger partial charge < -0.3 is 9.47 Å². The fourth-order valence-corrected chi connectivity index (χ4v) is 9.19. The van der Waals surface area contributed by atoms with Crippen LogP contribution in [-0.4, -0.2) is 14.5 Å². The van der Waals surface area contributed by atoms with Crippen LogP contribution in [0.25, 0.3) is 93.7 Å². The van der Waals surface area contributed by atoms with Crippen molar-refractivity contribution in [1.29, 1.82) is 0 Å². The molecule has 0 N–H and O–H groups in total. The number of rotatable bonds is 7. The van der Waals surface area contributed by atoms with Crippen LogP contribution in [0.15, 0.2) is 231 Å². The molecule has 0 spiro atoms. The zero-order valence-corrected chi connectivity index (χ0v) is 33.7. The van der Waals surface area contributed by atoms with Crippen LogP contribution in [0.3, 0.4) is 0 Å². The lowest BCUT2D eigenvalue weighted by molar-refractivity contribution is 1.18. The Morgan fingerprint density at radius 2 is 0.935 bits per heavy atom. The first-order valence-electron chi connectivity index (χ1n) is 21.1. The van der Waals surface area contributed by atoms with Crippen LogP contribution in [0, 0.1) is 0 Å².